The van der Waals surface area contributed by atoms with Gasteiger partial charge in [0.25, 0.3) is 0 Å². The number of fused-ring (bicyclic) bond motifs is 1. The van der Waals surface area contributed by atoms with Crippen LogP contribution in [-0.2, 0) is 5.88 Å². The molecule has 0 unspecified atom stereocenters. The highest BCUT2D eigenvalue weighted by molar-refractivity contribution is 6.17. The minimum Gasteiger partial charge on any atom is -0.491 e. The van der Waals surface area contributed by atoms with E-state index in [0.29, 0.717) is 5.88 Å². The van der Waals surface area contributed by atoms with Gasteiger partial charge in [0.1, 0.15) is 12.4 Å². The van der Waals surface area contributed by atoms with Gasteiger partial charge in [0, 0.05) is 18.0 Å². The quantitative estimate of drug-likeness (QED) is 0.789. The van der Waals surface area contributed by atoms with E-state index in [1.54, 1.807) is 0 Å². The van der Waals surface area contributed by atoms with Crippen LogP contribution in [0.15, 0.2) is 30.3 Å². The van der Waals surface area contributed by atoms with E-state index in [0.717, 1.165) is 35.5 Å². The Morgan fingerprint density at radius 3 is 2.80 bits per heavy atom. The third-order valence-corrected chi connectivity index (χ3v) is 4.01. The van der Waals surface area contributed by atoms with Crippen LogP contribution in [0.1, 0.15) is 18.5 Å². The molecule has 0 radical (unpaired) electrons. The molecule has 20 heavy (non-hydrogen) atoms. The fourth-order valence-corrected chi connectivity index (χ4v) is 2.81. The van der Waals surface area contributed by atoms with Crippen molar-refractivity contribution >= 4 is 22.5 Å². The van der Waals surface area contributed by atoms with Crippen molar-refractivity contribution in [1.29, 1.82) is 0 Å². The van der Waals surface area contributed by atoms with Gasteiger partial charge in [0.15, 0.2) is 0 Å². The lowest BCUT2D eigenvalue weighted by molar-refractivity contribution is 0.239. The fraction of sp³-hybridized carbons (Fsp3) is 0.438. The lowest BCUT2D eigenvalue weighted by atomic mass is 10.2. The Kier molecular flexibility index (Phi) is 4.38. The maximum Gasteiger partial charge on any atom is 0.130 e. The maximum absolute atomic E-state index is 5.98. The van der Waals surface area contributed by atoms with Gasteiger partial charge >= 0.3 is 0 Å². The molecular weight excluding hydrogens is 272 g/mol. The number of hydrogen-bond donors (Lipinski definition) is 0. The van der Waals surface area contributed by atoms with E-state index in [4.69, 9.17) is 16.3 Å². The Balaban J connectivity index is 1.75. The molecule has 3 rings (SSSR count). The number of para-hydroxylation sites is 1. The van der Waals surface area contributed by atoms with E-state index in [2.05, 4.69) is 9.88 Å². The molecule has 1 aliphatic heterocycles. The van der Waals surface area contributed by atoms with Gasteiger partial charge in [0.2, 0.25) is 0 Å². The second-order valence-corrected chi connectivity index (χ2v) is 5.43. The molecule has 1 saturated heterocycles. The molecule has 1 aliphatic rings. The van der Waals surface area contributed by atoms with E-state index in [1.807, 2.05) is 30.3 Å². The Hall–Kier alpha value is -1.32. The van der Waals surface area contributed by atoms with Gasteiger partial charge in [-0.2, -0.15) is 0 Å². The standard InChI is InChI=1S/C16H19ClN2O/c17-12-13-11-16(14-5-1-2-6-15(14)18-13)20-10-9-19-7-3-4-8-19/h1-2,5-6,11H,3-4,7-10,12H2. The largest absolute Gasteiger partial charge is 0.491 e. The highest BCUT2D eigenvalue weighted by Crippen LogP contribution is 2.26. The Bertz CT molecular complexity index is 582. The molecule has 0 amide bonds. The predicted molar refractivity (Wildman–Crippen MR) is 82.5 cm³/mol. The number of likely N-dealkylation sites (tertiary alicyclic amines) is 1. The third-order valence-electron chi connectivity index (χ3n) is 3.73. The second-order valence-electron chi connectivity index (χ2n) is 5.16. The SMILES string of the molecule is ClCc1cc(OCCN2CCCC2)c2ccccc2n1. The van der Waals surface area contributed by atoms with Gasteiger partial charge in [-0.25, -0.2) is 0 Å². The number of halogens is 1. The van der Waals surface area contributed by atoms with E-state index < -0.39 is 0 Å². The molecule has 0 N–H and O–H groups in total. The zero-order valence-corrected chi connectivity index (χ0v) is 12.3. The summed E-state index contributed by atoms with van der Waals surface area (Å²) < 4.78 is 5.98. The average molecular weight is 291 g/mol. The van der Waals surface area contributed by atoms with Crippen LogP contribution in [-0.4, -0.2) is 36.1 Å². The number of alkyl halides is 1. The number of nitrogens with zero attached hydrogens (tertiary/aromatic N) is 2. The third kappa shape index (κ3) is 3.05. The highest BCUT2D eigenvalue weighted by Gasteiger charge is 2.12. The van der Waals surface area contributed by atoms with Crippen molar-refractivity contribution in [3.63, 3.8) is 0 Å². The lowest BCUT2D eigenvalue weighted by Gasteiger charge is -2.16. The zero-order chi connectivity index (χ0) is 13.8. The molecular formula is C16H19ClN2O. The molecule has 2 aromatic rings. The first kappa shape index (κ1) is 13.7. The first-order valence-corrected chi connectivity index (χ1v) is 7.70. The van der Waals surface area contributed by atoms with Crippen molar-refractivity contribution in [2.24, 2.45) is 0 Å². The Labute approximate surface area is 124 Å². The normalized spacial score (nSPS) is 15.8. The molecule has 1 aromatic heterocycles. The summed E-state index contributed by atoms with van der Waals surface area (Å²) in [5.74, 6) is 1.30. The first-order chi connectivity index (χ1) is 9.86. The molecule has 0 atom stereocenters. The van der Waals surface area contributed by atoms with E-state index in [-0.39, 0.29) is 0 Å². The fourth-order valence-electron chi connectivity index (χ4n) is 2.67. The number of benzene rings is 1. The van der Waals surface area contributed by atoms with E-state index in [1.165, 1.54) is 25.9 Å². The van der Waals surface area contributed by atoms with Crippen LogP contribution >= 0.6 is 11.6 Å². The predicted octanol–water partition coefficient (Wildman–Crippen LogP) is 3.45. The average Bonchev–Trinajstić information content (AvgIpc) is 3.00. The van der Waals surface area contributed by atoms with Crippen LogP contribution in [0.4, 0.5) is 0 Å². The molecule has 1 aromatic carbocycles. The van der Waals surface area contributed by atoms with Gasteiger partial charge in [0.05, 0.1) is 17.1 Å². The van der Waals surface area contributed by atoms with Crippen LogP contribution < -0.4 is 4.74 Å². The minimum atomic E-state index is 0.410. The minimum absolute atomic E-state index is 0.410. The maximum atomic E-state index is 5.98. The number of pyridine rings is 1. The lowest BCUT2D eigenvalue weighted by Crippen LogP contribution is -2.25. The number of rotatable bonds is 5. The van der Waals surface area contributed by atoms with Gasteiger partial charge in [-0.15, -0.1) is 11.6 Å². The van der Waals surface area contributed by atoms with Gasteiger partial charge in [-0.1, -0.05) is 12.1 Å². The van der Waals surface area contributed by atoms with Crippen molar-refractivity contribution in [1.82, 2.24) is 9.88 Å². The topological polar surface area (TPSA) is 25.4 Å². The Morgan fingerprint density at radius 1 is 1.20 bits per heavy atom. The summed E-state index contributed by atoms with van der Waals surface area (Å²) >= 11 is 5.91. The van der Waals surface area contributed by atoms with Gasteiger partial charge in [-0.3, -0.25) is 9.88 Å². The molecule has 0 bridgehead atoms. The van der Waals surface area contributed by atoms with Crippen molar-refractivity contribution in [2.75, 3.05) is 26.2 Å². The molecule has 106 valence electrons. The molecule has 2 heterocycles. The summed E-state index contributed by atoms with van der Waals surface area (Å²) in [4.78, 5) is 6.97. The Morgan fingerprint density at radius 2 is 2.00 bits per heavy atom. The molecule has 0 saturated carbocycles. The molecule has 1 fully saturated rings. The number of aromatic nitrogens is 1. The monoisotopic (exact) mass is 290 g/mol. The van der Waals surface area contributed by atoms with Gasteiger partial charge in [-0.05, 0) is 38.1 Å². The summed E-state index contributed by atoms with van der Waals surface area (Å²) in [6.45, 7) is 4.11. The molecule has 0 spiro atoms. The molecule has 4 heteroatoms. The van der Waals surface area contributed by atoms with Crippen molar-refractivity contribution < 1.29 is 4.74 Å². The summed E-state index contributed by atoms with van der Waals surface area (Å²) in [7, 11) is 0. The van der Waals surface area contributed by atoms with Crippen LogP contribution in [0.25, 0.3) is 10.9 Å². The van der Waals surface area contributed by atoms with Gasteiger partial charge < -0.3 is 4.74 Å². The van der Waals surface area contributed by atoms with Crippen LogP contribution in [0, 0.1) is 0 Å². The van der Waals surface area contributed by atoms with Crippen molar-refractivity contribution in [3.05, 3.63) is 36.0 Å². The van der Waals surface area contributed by atoms with Crippen LogP contribution in [0.3, 0.4) is 0 Å². The number of ether oxygens (including phenoxy) is 1. The van der Waals surface area contributed by atoms with Crippen molar-refractivity contribution in [2.45, 2.75) is 18.7 Å². The molecule has 3 nitrogen and oxygen atoms in total. The summed E-state index contributed by atoms with van der Waals surface area (Å²) in [6.07, 6.45) is 2.63. The smallest absolute Gasteiger partial charge is 0.130 e. The van der Waals surface area contributed by atoms with Crippen LogP contribution in [0.2, 0.25) is 0 Å². The first-order valence-electron chi connectivity index (χ1n) is 7.16. The van der Waals surface area contributed by atoms with Crippen molar-refractivity contribution in [3.8, 4) is 5.75 Å². The zero-order valence-electron chi connectivity index (χ0n) is 11.5. The van der Waals surface area contributed by atoms with Crippen LogP contribution in [0.5, 0.6) is 5.75 Å². The summed E-state index contributed by atoms with van der Waals surface area (Å²) in [6, 6.07) is 10.0. The molecule has 0 aliphatic carbocycles. The summed E-state index contributed by atoms with van der Waals surface area (Å²) in [5, 5.41) is 1.06. The summed E-state index contributed by atoms with van der Waals surface area (Å²) in [5.41, 5.74) is 1.81. The second kappa shape index (κ2) is 6.42. The number of hydrogen-bond acceptors (Lipinski definition) is 3. The van der Waals surface area contributed by atoms with E-state index >= 15 is 0 Å². The van der Waals surface area contributed by atoms with E-state index in [9.17, 15) is 0 Å². The highest BCUT2D eigenvalue weighted by atomic mass is 35.5.